The number of nitrogens with zero attached hydrogens (tertiary/aromatic N) is 4. The number of carboxylic acids is 2. The third-order valence-electron chi connectivity index (χ3n) is 5.67. The molecule has 178 valence electrons. The Morgan fingerprint density at radius 2 is 1.80 bits per heavy atom. The normalized spacial score (nSPS) is 12.8. The molecule has 0 saturated heterocycles. The second kappa shape index (κ2) is 10.3. The summed E-state index contributed by atoms with van der Waals surface area (Å²) in [6.07, 6.45) is 6.53. The molecule has 8 nitrogen and oxygen atoms in total. The van der Waals surface area contributed by atoms with Gasteiger partial charge in [0.05, 0.1) is 28.5 Å². The molecule has 4 rings (SSSR count). The summed E-state index contributed by atoms with van der Waals surface area (Å²) in [7, 11) is 4.01. The van der Waals surface area contributed by atoms with Crippen LogP contribution in [0.25, 0.3) is 22.9 Å². The predicted molar refractivity (Wildman–Crippen MR) is 135 cm³/mol. The average molecular weight is 471 g/mol. The molecule has 0 amide bonds. The lowest BCUT2D eigenvalue weighted by Crippen LogP contribution is -2.30. The number of aliphatic carboxylic acids is 2. The standard InChI is InChI=1S/C27H26N4O4/c1-30(2)12-7-13-31-17-19-10-6-11-20(18-8-4-3-5-9-18)25(19)29-26-22(15-28-16-23(26)31)21(27(34)35)14-24(32)33/h3-6,8-11,14-17H,7,12-13H2,1-2H3,(H,32,33)(H,34,35). The van der Waals surface area contributed by atoms with Gasteiger partial charge in [-0.15, -0.1) is 0 Å². The molecule has 2 N–H and O–H groups in total. The fraction of sp³-hybridized carbons (Fsp3) is 0.185. The fourth-order valence-corrected chi connectivity index (χ4v) is 4.08. The first-order valence-electron chi connectivity index (χ1n) is 11.2. The number of hydrogen-bond acceptors (Lipinski definition) is 6. The van der Waals surface area contributed by atoms with Crippen molar-refractivity contribution in [2.45, 2.75) is 6.42 Å². The summed E-state index contributed by atoms with van der Waals surface area (Å²) in [6.45, 7) is 1.51. The molecule has 0 bridgehead atoms. The first kappa shape index (κ1) is 23.8. The molecule has 0 aliphatic carbocycles. The molecule has 0 saturated carbocycles. The summed E-state index contributed by atoms with van der Waals surface area (Å²) in [5.74, 6) is -2.71. The van der Waals surface area contributed by atoms with Crippen molar-refractivity contribution in [2.75, 3.05) is 32.1 Å². The number of pyridine rings is 1. The van der Waals surface area contributed by atoms with Crippen LogP contribution in [-0.2, 0) is 9.59 Å². The lowest BCUT2D eigenvalue weighted by atomic mass is 10.0. The van der Waals surface area contributed by atoms with Gasteiger partial charge in [0.2, 0.25) is 0 Å². The van der Waals surface area contributed by atoms with Crippen molar-refractivity contribution in [1.82, 2.24) is 9.88 Å². The van der Waals surface area contributed by atoms with E-state index in [2.05, 4.69) is 9.88 Å². The first-order chi connectivity index (χ1) is 16.8. The molecule has 0 spiro atoms. The van der Waals surface area contributed by atoms with Gasteiger partial charge in [-0.25, -0.2) is 14.6 Å². The highest BCUT2D eigenvalue weighted by atomic mass is 16.4. The summed E-state index contributed by atoms with van der Waals surface area (Å²) < 4.78 is 0. The lowest BCUT2D eigenvalue weighted by Gasteiger charge is -2.23. The highest BCUT2D eigenvalue weighted by molar-refractivity contribution is 6.21. The van der Waals surface area contributed by atoms with Gasteiger partial charge in [-0.3, -0.25) is 4.98 Å². The maximum absolute atomic E-state index is 12.0. The van der Waals surface area contributed by atoms with Crippen LogP contribution in [0.3, 0.4) is 0 Å². The van der Waals surface area contributed by atoms with Gasteiger partial charge in [0.15, 0.2) is 0 Å². The molecule has 0 radical (unpaired) electrons. The van der Waals surface area contributed by atoms with Crippen LogP contribution in [0.2, 0.25) is 0 Å². The van der Waals surface area contributed by atoms with E-state index in [0.29, 0.717) is 29.4 Å². The molecule has 0 fully saturated rings. The molecule has 1 aliphatic rings. The van der Waals surface area contributed by atoms with Crippen LogP contribution in [0.5, 0.6) is 0 Å². The highest BCUT2D eigenvalue weighted by Gasteiger charge is 2.23. The van der Waals surface area contributed by atoms with Crippen molar-refractivity contribution >= 4 is 35.1 Å². The highest BCUT2D eigenvalue weighted by Crippen LogP contribution is 2.36. The maximum Gasteiger partial charge on any atom is 0.336 e. The minimum Gasteiger partial charge on any atom is -0.478 e. The van der Waals surface area contributed by atoms with Crippen molar-refractivity contribution in [3.63, 3.8) is 0 Å². The number of benzene rings is 2. The van der Waals surface area contributed by atoms with E-state index < -0.39 is 11.9 Å². The quantitative estimate of drug-likeness (QED) is 0.488. The number of anilines is 1. The Hall–Kier alpha value is -4.30. The Morgan fingerprint density at radius 1 is 1.03 bits per heavy atom. The number of hydrogen-bond donors (Lipinski definition) is 2. The Labute approximate surface area is 202 Å². The molecule has 2 heterocycles. The molecule has 2 aromatic carbocycles. The lowest BCUT2D eigenvalue weighted by molar-refractivity contribution is -0.133. The van der Waals surface area contributed by atoms with Crippen LogP contribution >= 0.6 is 0 Å². The summed E-state index contributed by atoms with van der Waals surface area (Å²) in [4.78, 5) is 36.8. The SMILES string of the molecule is CN(C)CCCN1C=c2cccc(-c3ccccc3)c2=Nc2c(C(=CC(=O)O)C(=O)O)cncc21. The van der Waals surface area contributed by atoms with Gasteiger partial charge < -0.3 is 20.0 Å². The number of para-hydroxylation sites is 1. The summed E-state index contributed by atoms with van der Waals surface area (Å²) >= 11 is 0. The van der Waals surface area contributed by atoms with Crippen LogP contribution in [0.15, 0.2) is 72.0 Å². The van der Waals surface area contributed by atoms with Crippen molar-refractivity contribution in [1.29, 1.82) is 0 Å². The topological polar surface area (TPSA) is 106 Å². The van der Waals surface area contributed by atoms with Gasteiger partial charge in [-0.2, -0.15) is 0 Å². The Kier molecular flexibility index (Phi) is 7.03. The Balaban J connectivity index is 2.02. The van der Waals surface area contributed by atoms with E-state index in [1.807, 2.05) is 73.7 Å². The van der Waals surface area contributed by atoms with Crippen molar-refractivity contribution in [3.05, 3.63) is 83.1 Å². The monoisotopic (exact) mass is 470 g/mol. The van der Waals surface area contributed by atoms with E-state index >= 15 is 0 Å². The number of fused-ring (bicyclic) bond motifs is 2. The van der Waals surface area contributed by atoms with Crippen molar-refractivity contribution in [2.24, 2.45) is 4.99 Å². The van der Waals surface area contributed by atoms with Gasteiger partial charge in [0.1, 0.15) is 0 Å². The number of carbonyl (C=O) groups is 2. The van der Waals surface area contributed by atoms with E-state index in [9.17, 15) is 19.8 Å². The van der Waals surface area contributed by atoms with E-state index in [1.54, 1.807) is 6.20 Å². The molecule has 1 aliphatic heterocycles. The summed E-state index contributed by atoms with van der Waals surface area (Å²) in [5.41, 5.74) is 2.63. The molecular weight excluding hydrogens is 444 g/mol. The molecular formula is C27H26N4O4. The van der Waals surface area contributed by atoms with E-state index in [0.717, 1.165) is 29.3 Å². The number of carboxylic acid groups (broad SMARTS) is 2. The van der Waals surface area contributed by atoms with Crippen LogP contribution in [0, 0.1) is 0 Å². The largest absolute Gasteiger partial charge is 0.478 e. The summed E-state index contributed by atoms with van der Waals surface area (Å²) in [6, 6.07) is 15.7. The van der Waals surface area contributed by atoms with Crippen LogP contribution in [0.4, 0.5) is 11.4 Å². The molecule has 1 aromatic heterocycles. The smallest absolute Gasteiger partial charge is 0.336 e. The van der Waals surface area contributed by atoms with Crippen LogP contribution in [-0.4, -0.2) is 59.2 Å². The van der Waals surface area contributed by atoms with Gasteiger partial charge >= 0.3 is 11.9 Å². The number of rotatable bonds is 8. The van der Waals surface area contributed by atoms with Crippen LogP contribution in [0.1, 0.15) is 12.0 Å². The second-order valence-electron chi connectivity index (χ2n) is 8.46. The Bertz CT molecular complexity index is 1410. The second-order valence-corrected chi connectivity index (χ2v) is 8.46. The number of aromatic nitrogens is 1. The zero-order valence-corrected chi connectivity index (χ0v) is 19.5. The van der Waals surface area contributed by atoms with Crippen molar-refractivity contribution < 1.29 is 19.8 Å². The van der Waals surface area contributed by atoms with Gasteiger partial charge in [0.25, 0.3) is 0 Å². The third kappa shape index (κ3) is 5.28. The molecule has 3 aromatic rings. The first-order valence-corrected chi connectivity index (χ1v) is 11.2. The Morgan fingerprint density at radius 3 is 2.49 bits per heavy atom. The minimum absolute atomic E-state index is 0.152. The summed E-state index contributed by atoms with van der Waals surface area (Å²) in [5, 5.41) is 20.7. The molecule has 35 heavy (non-hydrogen) atoms. The third-order valence-corrected chi connectivity index (χ3v) is 5.67. The zero-order valence-electron chi connectivity index (χ0n) is 19.5. The molecule has 0 unspecified atom stereocenters. The van der Waals surface area contributed by atoms with Crippen molar-refractivity contribution in [3.8, 4) is 11.1 Å². The fourth-order valence-electron chi connectivity index (χ4n) is 4.08. The molecule has 0 atom stereocenters. The van der Waals surface area contributed by atoms with Gasteiger partial charge in [0, 0.05) is 41.4 Å². The maximum atomic E-state index is 12.0. The molecule has 8 heteroatoms. The average Bonchev–Trinajstić information content (AvgIpc) is 2.99. The zero-order chi connectivity index (χ0) is 24.9. The predicted octanol–water partition coefficient (Wildman–Crippen LogP) is 2.76. The van der Waals surface area contributed by atoms with Gasteiger partial charge in [-0.05, 0) is 32.6 Å². The van der Waals surface area contributed by atoms with E-state index in [-0.39, 0.29) is 11.1 Å². The van der Waals surface area contributed by atoms with Crippen LogP contribution < -0.4 is 15.5 Å². The van der Waals surface area contributed by atoms with E-state index in [1.165, 1.54) is 6.20 Å². The van der Waals surface area contributed by atoms with Gasteiger partial charge in [-0.1, -0.05) is 48.5 Å². The minimum atomic E-state index is -1.36. The van der Waals surface area contributed by atoms with E-state index in [4.69, 9.17) is 4.99 Å².